The van der Waals surface area contributed by atoms with Gasteiger partial charge in [0.1, 0.15) is 0 Å². The van der Waals surface area contributed by atoms with Crippen LogP contribution in [-0.4, -0.2) is 9.97 Å². The summed E-state index contributed by atoms with van der Waals surface area (Å²) in [5.74, 6) is 0.813. The van der Waals surface area contributed by atoms with Crippen LogP contribution in [0.5, 0.6) is 0 Å². The van der Waals surface area contributed by atoms with Crippen molar-refractivity contribution in [3.8, 4) is 0 Å². The van der Waals surface area contributed by atoms with Gasteiger partial charge >= 0.3 is 0 Å². The second-order valence-electron chi connectivity index (χ2n) is 4.83. The Morgan fingerprint density at radius 2 is 2.06 bits per heavy atom. The fourth-order valence-corrected chi connectivity index (χ4v) is 2.18. The molecule has 3 N–H and O–H groups in total. The summed E-state index contributed by atoms with van der Waals surface area (Å²) in [6.07, 6.45) is 7.03. The average molecular weight is 227 g/mol. The molecule has 1 saturated carbocycles. The van der Waals surface area contributed by atoms with Crippen molar-refractivity contribution in [2.45, 2.75) is 31.2 Å². The Morgan fingerprint density at radius 1 is 1.29 bits per heavy atom. The molecule has 17 heavy (non-hydrogen) atoms. The maximum atomic E-state index is 6.18. The van der Waals surface area contributed by atoms with E-state index in [1.54, 1.807) is 6.33 Å². The molecule has 1 aromatic carbocycles. The molecule has 1 heterocycles. The molecule has 3 heteroatoms. The van der Waals surface area contributed by atoms with E-state index in [1.165, 1.54) is 24.0 Å². The second-order valence-corrected chi connectivity index (χ2v) is 4.83. The summed E-state index contributed by atoms with van der Waals surface area (Å²) in [6, 6.07) is 8.81. The third-order valence-corrected chi connectivity index (χ3v) is 3.41. The van der Waals surface area contributed by atoms with E-state index in [-0.39, 0.29) is 6.04 Å². The minimum atomic E-state index is 0.0451. The van der Waals surface area contributed by atoms with E-state index in [0.29, 0.717) is 0 Å². The summed E-state index contributed by atoms with van der Waals surface area (Å²) in [7, 11) is 0. The molecule has 0 saturated heterocycles. The molecule has 1 fully saturated rings. The Kier molecular flexibility index (Phi) is 2.69. The van der Waals surface area contributed by atoms with Gasteiger partial charge < -0.3 is 10.7 Å². The lowest BCUT2D eigenvalue weighted by atomic mass is 10.0. The highest BCUT2D eigenvalue weighted by molar-refractivity contribution is 5.30. The molecule has 3 rings (SSSR count). The Labute approximate surface area is 101 Å². The lowest BCUT2D eigenvalue weighted by Gasteiger charge is -2.11. The normalized spacial score (nSPS) is 17.0. The molecule has 1 atom stereocenters. The number of nitrogens with zero attached hydrogens (tertiary/aromatic N) is 1. The third-order valence-electron chi connectivity index (χ3n) is 3.41. The molecule has 1 unspecified atom stereocenters. The van der Waals surface area contributed by atoms with Crippen molar-refractivity contribution in [1.82, 2.24) is 9.97 Å². The molecule has 3 nitrogen and oxygen atoms in total. The quantitative estimate of drug-likeness (QED) is 0.843. The maximum Gasteiger partial charge on any atom is 0.0921 e. The van der Waals surface area contributed by atoms with Crippen LogP contribution < -0.4 is 5.73 Å². The first kappa shape index (κ1) is 10.5. The predicted octanol–water partition coefficient (Wildman–Crippen LogP) is 2.53. The number of nitrogens with one attached hydrogen (secondary N) is 1. The summed E-state index contributed by atoms with van der Waals surface area (Å²) in [5, 5.41) is 0. The molecule has 0 aliphatic heterocycles. The standard InChI is InChI=1S/C14H17N3/c15-14(7-13-8-16-9-17-13)12-5-3-11(4-6-12)10-1-2-10/h3-6,8-10,14H,1-2,7,15H2,(H,16,17). The van der Waals surface area contributed by atoms with Crippen LogP contribution in [0.2, 0.25) is 0 Å². The molecule has 1 aliphatic carbocycles. The molecule has 0 spiro atoms. The second kappa shape index (κ2) is 4.34. The largest absolute Gasteiger partial charge is 0.348 e. The number of benzene rings is 1. The van der Waals surface area contributed by atoms with Gasteiger partial charge in [0.2, 0.25) is 0 Å². The number of H-pyrrole nitrogens is 1. The first-order valence-electron chi connectivity index (χ1n) is 6.15. The van der Waals surface area contributed by atoms with Crippen LogP contribution in [-0.2, 0) is 6.42 Å². The molecule has 1 aromatic heterocycles. The summed E-state index contributed by atoms with van der Waals surface area (Å²) < 4.78 is 0. The number of imidazole rings is 1. The highest BCUT2D eigenvalue weighted by Gasteiger charge is 2.23. The zero-order valence-electron chi connectivity index (χ0n) is 9.76. The third kappa shape index (κ3) is 2.39. The summed E-state index contributed by atoms with van der Waals surface area (Å²) in [4.78, 5) is 7.09. The van der Waals surface area contributed by atoms with Crippen LogP contribution >= 0.6 is 0 Å². The first-order valence-corrected chi connectivity index (χ1v) is 6.15. The van der Waals surface area contributed by atoms with E-state index in [4.69, 9.17) is 5.73 Å². The van der Waals surface area contributed by atoms with Gasteiger partial charge in [-0.05, 0) is 29.9 Å². The van der Waals surface area contributed by atoms with Crippen molar-refractivity contribution in [3.05, 3.63) is 53.6 Å². The average Bonchev–Trinajstić information content (AvgIpc) is 3.09. The lowest BCUT2D eigenvalue weighted by molar-refractivity contribution is 0.709. The Bertz CT molecular complexity index is 469. The van der Waals surface area contributed by atoms with E-state index in [2.05, 4.69) is 34.2 Å². The highest BCUT2D eigenvalue weighted by Crippen LogP contribution is 2.40. The van der Waals surface area contributed by atoms with Crippen LogP contribution in [0.15, 0.2) is 36.8 Å². The van der Waals surface area contributed by atoms with Gasteiger partial charge in [0.25, 0.3) is 0 Å². The van der Waals surface area contributed by atoms with E-state index < -0.39 is 0 Å². The predicted molar refractivity (Wildman–Crippen MR) is 67.6 cm³/mol. The monoisotopic (exact) mass is 227 g/mol. The number of rotatable bonds is 4. The fourth-order valence-electron chi connectivity index (χ4n) is 2.18. The number of nitrogens with two attached hydrogens (primary N) is 1. The Hall–Kier alpha value is -1.61. The van der Waals surface area contributed by atoms with Gasteiger partial charge in [-0.1, -0.05) is 24.3 Å². The van der Waals surface area contributed by atoms with E-state index >= 15 is 0 Å². The Balaban J connectivity index is 1.70. The van der Waals surface area contributed by atoms with Crippen molar-refractivity contribution < 1.29 is 0 Å². The molecular formula is C14H17N3. The number of hydrogen-bond donors (Lipinski definition) is 2. The van der Waals surface area contributed by atoms with E-state index in [0.717, 1.165) is 18.0 Å². The minimum absolute atomic E-state index is 0.0451. The molecule has 0 bridgehead atoms. The van der Waals surface area contributed by atoms with Crippen molar-refractivity contribution in [1.29, 1.82) is 0 Å². The summed E-state index contributed by atoms with van der Waals surface area (Å²) >= 11 is 0. The van der Waals surface area contributed by atoms with Gasteiger partial charge in [0.15, 0.2) is 0 Å². The van der Waals surface area contributed by atoms with Gasteiger partial charge in [-0.15, -0.1) is 0 Å². The zero-order chi connectivity index (χ0) is 11.7. The van der Waals surface area contributed by atoms with Crippen molar-refractivity contribution in [2.24, 2.45) is 5.73 Å². The van der Waals surface area contributed by atoms with Crippen LogP contribution in [0.3, 0.4) is 0 Å². The summed E-state index contributed by atoms with van der Waals surface area (Å²) in [5.41, 5.74) is 9.93. The molecule has 2 aromatic rings. The first-order chi connectivity index (χ1) is 8.33. The zero-order valence-corrected chi connectivity index (χ0v) is 9.76. The van der Waals surface area contributed by atoms with Gasteiger partial charge in [-0.2, -0.15) is 0 Å². The van der Waals surface area contributed by atoms with Crippen LogP contribution in [0, 0.1) is 0 Å². The fraction of sp³-hybridized carbons (Fsp3) is 0.357. The van der Waals surface area contributed by atoms with Crippen LogP contribution in [0.4, 0.5) is 0 Å². The minimum Gasteiger partial charge on any atom is -0.348 e. The Morgan fingerprint density at radius 3 is 2.65 bits per heavy atom. The van der Waals surface area contributed by atoms with Crippen molar-refractivity contribution >= 4 is 0 Å². The molecule has 0 amide bonds. The number of hydrogen-bond acceptors (Lipinski definition) is 2. The SMILES string of the molecule is NC(Cc1cnc[nH]1)c1ccc(C2CC2)cc1. The van der Waals surface area contributed by atoms with E-state index in [9.17, 15) is 0 Å². The van der Waals surface area contributed by atoms with Crippen LogP contribution in [0.1, 0.15) is 41.6 Å². The lowest BCUT2D eigenvalue weighted by Crippen LogP contribution is -2.13. The van der Waals surface area contributed by atoms with Crippen molar-refractivity contribution in [2.75, 3.05) is 0 Å². The molecule has 88 valence electrons. The van der Waals surface area contributed by atoms with Crippen LogP contribution in [0.25, 0.3) is 0 Å². The summed E-state index contributed by atoms with van der Waals surface area (Å²) in [6.45, 7) is 0. The van der Waals surface area contributed by atoms with E-state index in [1.807, 2.05) is 6.20 Å². The smallest absolute Gasteiger partial charge is 0.0921 e. The van der Waals surface area contributed by atoms with Gasteiger partial charge in [-0.25, -0.2) is 4.98 Å². The van der Waals surface area contributed by atoms with Gasteiger partial charge in [-0.3, -0.25) is 0 Å². The maximum absolute atomic E-state index is 6.18. The number of aromatic nitrogens is 2. The van der Waals surface area contributed by atoms with Crippen molar-refractivity contribution in [3.63, 3.8) is 0 Å². The van der Waals surface area contributed by atoms with Gasteiger partial charge in [0, 0.05) is 24.4 Å². The topological polar surface area (TPSA) is 54.7 Å². The molecule has 1 aliphatic rings. The molecule has 0 radical (unpaired) electrons. The van der Waals surface area contributed by atoms with Gasteiger partial charge in [0.05, 0.1) is 6.33 Å². The number of aromatic amines is 1. The highest BCUT2D eigenvalue weighted by atomic mass is 14.9. The molecular weight excluding hydrogens is 210 g/mol.